The molecule has 2 N–H and O–H groups in total. The molecule has 0 radical (unpaired) electrons. The lowest BCUT2D eigenvalue weighted by atomic mass is 9.95. The van der Waals surface area contributed by atoms with Crippen molar-refractivity contribution in [3.63, 3.8) is 0 Å². The van der Waals surface area contributed by atoms with Crippen LogP contribution in [0.3, 0.4) is 0 Å². The Balaban J connectivity index is 2.23. The van der Waals surface area contributed by atoms with E-state index in [9.17, 15) is 9.90 Å². The van der Waals surface area contributed by atoms with Gasteiger partial charge in [0.2, 0.25) is 5.76 Å². The molecule has 1 unspecified atom stereocenters. The minimum atomic E-state index is -1.11. The Morgan fingerprint density at radius 3 is 3.12 bits per heavy atom. The summed E-state index contributed by atoms with van der Waals surface area (Å²) in [6.07, 6.45) is -0.154. The molecule has 5 heteroatoms. The molecule has 82 valence electrons. The summed E-state index contributed by atoms with van der Waals surface area (Å²) in [5.74, 6) is -0.730. The number of rotatable bonds is 1. The van der Waals surface area contributed by atoms with E-state index in [0.717, 1.165) is 10.4 Å². The first-order chi connectivity index (χ1) is 7.66. The second-order valence-electron chi connectivity index (χ2n) is 3.70. The van der Waals surface area contributed by atoms with Gasteiger partial charge in [0.05, 0.1) is 11.0 Å². The maximum Gasteiger partial charge on any atom is 0.371 e. The second-order valence-corrected chi connectivity index (χ2v) is 4.61. The van der Waals surface area contributed by atoms with Crippen LogP contribution in [0.1, 0.15) is 27.8 Å². The fraction of sp³-hybridized carbons (Fsp3) is 0.182. The van der Waals surface area contributed by atoms with E-state index in [2.05, 4.69) is 0 Å². The summed E-state index contributed by atoms with van der Waals surface area (Å²) in [5, 5.41) is 20.6. The first kappa shape index (κ1) is 9.62. The van der Waals surface area contributed by atoms with E-state index in [0.29, 0.717) is 17.7 Å². The Morgan fingerprint density at radius 1 is 1.56 bits per heavy atom. The van der Waals surface area contributed by atoms with E-state index in [1.54, 1.807) is 0 Å². The van der Waals surface area contributed by atoms with Gasteiger partial charge in [-0.05, 0) is 23.1 Å². The van der Waals surface area contributed by atoms with Crippen molar-refractivity contribution in [1.29, 1.82) is 0 Å². The second kappa shape index (κ2) is 3.20. The third kappa shape index (κ3) is 1.22. The lowest BCUT2D eigenvalue weighted by Gasteiger charge is -2.16. The number of furan rings is 1. The summed E-state index contributed by atoms with van der Waals surface area (Å²) < 4.78 is 5.27. The summed E-state index contributed by atoms with van der Waals surface area (Å²) >= 11 is 1.50. The van der Waals surface area contributed by atoms with Crippen molar-refractivity contribution < 1.29 is 19.4 Å². The number of fused-ring (bicyclic) bond motifs is 3. The van der Waals surface area contributed by atoms with Gasteiger partial charge in [-0.3, -0.25) is 0 Å². The van der Waals surface area contributed by atoms with E-state index in [1.807, 2.05) is 11.4 Å². The van der Waals surface area contributed by atoms with Crippen LogP contribution in [0, 0.1) is 0 Å². The molecule has 0 spiro atoms. The molecule has 0 saturated carbocycles. The smallest absolute Gasteiger partial charge is 0.371 e. The molecule has 16 heavy (non-hydrogen) atoms. The molecule has 2 aromatic rings. The highest BCUT2D eigenvalue weighted by atomic mass is 32.1. The van der Waals surface area contributed by atoms with Crippen LogP contribution in [0.4, 0.5) is 0 Å². The summed E-state index contributed by atoms with van der Waals surface area (Å²) in [5.41, 5.74) is 1.59. The molecular weight excluding hydrogens is 228 g/mol. The number of hydrogen-bond donors (Lipinski definition) is 2. The van der Waals surface area contributed by atoms with Crippen molar-refractivity contribution in [2.45, 2.75) is 12.5 Å². The molecule has 1 aliphatic rings. The van der Waals surface area contributed by atoms with E-state index in [1.165, 1.54) is 17.4 Å². The van der Waals surface area contributed by atoms with E-state index < -0.39 is 12.1 Å². The van der Waals surface area contributed by atoms with Gasteiger partial charge >= 0.3 is 5.97 Å². The molecule has 0 aromatic carbocycles. The van der Waals surface area contributed by atoms with Crippen molar-refractivity contribution in [3.8, 4) is 10.6 Å². The van der Waals surface area contributed by atoms with Gasteiger partial charge in [0, 0.05) is 12.0 Å². The lowest BCUT2D eigenvalue weighted by Crippen LogP contribution is -2.06. The minimum absolute atomic E-state index is 0.120. The maximum atomic E-state index is 10.8. The molecular formula is C11H8O4S. The molecule has 3 rings (SSSR count). The normalized spacial score (nSPS) is 17.9. The van der Waals surface area contributed by atoms with Crippen molar-refractivity contribution in [1.82, 2.24) is 0 Å². The van der Waals surface area contributed by atoms with Crippen molar-refractivity contribution in [3.05, 3.63) is 34.4 Å². The van der Waals surface area contributed by atoms with Crippen LogP contribution in [0.5, 0.6) is 0 Å². The Kier molecular flexibility index (Phi) is 1.92. The van der Waals surface area contributed by atoms with Gasteiger partial charge in [-0.2, -0.15) is 0 Å². The molecule has 0 fully saturated rings. The molecule has 0 amide bonds. The average molecular weight is 236 g/mol. The predicted octanol–water partition coefficient (Wildman–Crippen LogP) is 2.30. The maximum absolute atomic E-state index is 10.8. The molecule has 2 aromatic heterocycles. The summed E-state index contributed by atoms with van der Waals surface area (Å²) in [6, 6.07) is 3.33. The highest BCUT2D eigenvalue weighted by Gasteiger charge is 2.29. The largest absolute Gasteiger partial charge is 0.475 e. The van der Waals surface area contributed by atoms with Gasteiger partial charge in [0.25, 0.3) is 0 Å². The lowest BCUT2D eigenvalue weighted by molar-refractivity contribution is 0.0663. The first-order valence-electron chi connectivity index (χ1n) is 4.78. The Bertz CT molecular complexity index is 566. The fourth-order valence-corrected chi connectivity index (χ4v) is 2.89. The monoisotopic (exact) mass is 236 g/mol. The van der Waals surface area contributed by atoms with Crippen LogP contribution in [0.2, 0.25) is 0 Å². The summed E-state index contributed by atoms with van der Waals surface area (Å²) in [7, 11) is 0. The van der Waals surface area contributed by atoms with Crippen LogP contribution >= 0.6 is 11.3 Å². The van der Waals surface area contributed by atoms with E-state index in [4.69, 9.17) is 9.52 Å². The number of aliphatic hydroxyl groups is 1. The summed E-state index contributed by atoms with van der Waals surface area (Å²) in [4.78, 5) is 11.7. The molecule has 1 atom stereocenters. The molecule has 0 bridgehead atoms. The van der Waals surface area contributed by atoms with Gasteiger partial charge in [0.15, 0.2) is 5.76 Å². The Labute approximate surface area is 94.8 Å². The third-order valence-corrected chi connectivity index (χ3v) is 3.65. The molecule has 1 aliphatic carbocycles. The highest BCUT2D eigenvalue weighted by molar-refractivity contribution is 7.13. The van der Waals surface area contributed by atoms with Crippen molar-refractivity contribution >= 4 is 17.3 Å². The highest BCUT2D eigenvalue weighted by Crippen LogP contribution is 2.43. The number of carboxylic acid groups (broad SMARTS) is 1. The first-order valence-corrected chi connectivity index (χ1v) is 5.66. The molecule has 4 nitrogen and oxygen atoms in total. The zero-order valence-corrected chi connectivity index (χ0v) is 8.95. The summed E-state index contributed by atoms with van der Waals surface area (Å²) in [6.45, 7) is 0. The number of hydrogen-bond acceptors (Lipinski definition) is 4. The minimum Gasteiger partial charge on any atom is -0.475 e. The van der Waals surface area contributed by atoms with Crippen LogP contribution in [0.25, 0.3) is 10.6 Å². The van der Waals surface area contributed by atoms with Gasteiger partial charge in [-0.15, -0.1) is 11.3 Å². The van der Waals surface area contributed by atoms with Gasteiger partial charge < -0.3 is 14.6 Å². The number of aromatic carboxylic acids is 1. The van der Waals surface area contributed by atoms with Gasteiger partial charge in [-0.1, -0.05) is 0 Å². The number of carboxylic acids is 1. The predicted molar refractivity (Wildman–Crippen MR) is 57.6 cm³/mol. The zero-order valence-electron chi connectivity index (χ0n) is 8.14. The van der Waals surface area contributed by atoms with Gasteiger partial charge in [-0.25, -0.2) is 4.79 Å². The Hall–Kier alpha value is -1.59. The topological polar surface area (TPSA) is 70.7 Å². The average Bonchev–Trinajstić information content (AvgIpc) is 2.80. The van der Waals surface area contributed by atoms with Gasteiger partial charge in [0.1, 0.15) is 0 Å². The SMILES string of the molecule is O=C(O)c1cc2c(o1)-c1sccc1CC2O. The molecule has 2 heterocycles. The van der Waals surface area contributed by atoms with Crippen LogP contribution in [0.15, 0.2) is 21.9 Å². The Morgan fingerprint density at radius 2 is 2.38 bits per heavy atom. The quantitative estimate of drug-likeness (QED) is 0.797. The fourth-order valence-electron chi connectivity index (χ4n) is 1.95. The standard InChI is InChI=1S/C11H8O4S/c12-7-3-5-1-2-16-10(5)9-6(7)4-8(15-9)11(13)14/h1-2,4,7,12H,3H2,(H,13,14). The van der Waals surface area contributed by atoms with E-state index in [-0.39, 0.29) is 5.76 Å². The number of thiophene rings is 1. The zero-order chi connectivity index (χ0) is 11.3. The third-order valence-electron chi connectivity index (χ3n) is 2.70. The van der Waals surface area contributed by atoms with Crippen LogP contribution in [-0.2, 0) is 6.42 Å². The number of aliphatic hydroxyl groups excluding tert-OH is 1. The van der Waals surface area contributed by atoms with E-state index >= 15 is 0 Å². The number of carbonyl (C=O) groups is 1. The molecule has 0 saturated heterocycles. The van der Waals surface area contributed by atoms with Crippen LogP contribution in [-0.4, -0.2) is 16.2 Å². The van der Waals surface area contributed by atoms with Crippen molar-refractivity contribution in [2.75, 3.05) is 0 Å². The van der Waals surface area contributed by atoms with Crippen LogP contribution < -0.4 is 0 Å². The molecule has 0 aliphatic heterocycles. The van der Waals surface area contributed by atoms with Crippen molar-refractivity contribution in [2.24, 2.45) is 0 Å².